The number of nitrogens with one attached hydrogen (secondary N) is 2. The lowest BCUT2D eigenvalue weighted by molar-refractivity contribution is -0.141. The molecule has 1 aliphatic rings. The van der Waals surface area contributed by atoms with Crippen molar-refractivity contribution in [2.45, 2.75) is 57.2 Å². The number of aromatic amines is 1. The van der Waals surface area contributed by atoms with Gasteiger partial charge in [0, 0.05) is 42.9 Å². The van der Waals surface area contributed by atoms with Crippen molar-refractivity contribution >= 4 is 28.4 Å². The molecule has 1 atom stereocenters. The molecule has 4 aromatic rings. The number of hydrogen-bond donors (Lipinski definition) is 2. The number of hydrogen-bond acceptors (Lipinski definition) is 4. The van der Waals surface area contributed by atoms with Crippen molar-refractivity contribution < 1.29 is 14.0 Å². The second-order valence-electron chi connectivity index (χ2n) is 10.4. The Bertz CT molecular complexity index is 1350. The molecule has 2 N–H and O–H groups in total. The van der Waals surface area contributed by atoms with E-state index in [-0.39, 0.29) is 30.8 Å². The van der Waals surface area contributed by atoms with Crippen LogP contribution in [0.4, 0.5) is 5.69 Å². The SMILES string of the molecule is CN(C)c1ccc(C(C(=O)NC2CCCCC2)N(Cc2ccco2)C(=O)Cc2c[nH]c3ccccc23)cc1. The minimum Gasteiger partial charge on any atom is -0.467 e. The van der Waals surface area contributed by atoms with Crippen LogP contribution >= 0.6 is 0 Å². The predicted octanol–water partition coefficient (Wildman–Crippen LogP) is 5.59. The molecule has 2 aromatic carbocycles. The smallest absolute Gasteiger partial charge is 0.247 e. The van der Waals surface area contributed by atoms with Crippen LogP contribution < -0.4 is 10.2 Å². The van der Waals surface area contributed by atoms with Gasteiger partial charge in [-0.1, -0.05) is 49.6 Å². The summed E-state index contributed by atoms with van der Waals surface area (Å²) in [6.45, 7) is 0.201. The zero-order valence-electron chi connectivity index (χ0n) is 22.2. The number of amides is 2. The summed E-state index contributed by atoms with van der Waals surface area (Å²) < 4.78 is 5.65. The fourth-order valence-electron chi connectivity index (χ4n) is 5.39. The first-order valence-corrected chi connectivity index (χ1v) is 13.4. The van der Waals surface area contributed by atoms with Crippen LogP contribution in [0.15, 0.2) is 77.5 Å². The van der Waals surface area contributed by atoms with Crippen molar-refractivity contribution in [2.24, 2.45) is 0 Å². The Morgan fingerprint density at radius 1 is 1.00 bits per heavy atom. The second kappa shape index (κ2) is 11.6. The zero-order chi connectivity index (χ0) is 26.5. The number of furan rings is 1. The largest absolute Gasteiger partial charge is 0.467 e. The highest BCUT2D eigenvalue weighted by molar-refractivity contribution is 5.92. The van der Waals surface area contributed by atoms with Gasteiger partial charge in [-0.3, -0.25) is 9.59 Å². The Hall–Kier alpha value is -4.00. The molecule has 7 nitrogen and oxygen atoms in total. The molecule has 7 heteroatoms. The molecule has 1 aliphatic carbocycles. The fourth-order valence-corrected chi connectivity index (χ4v) is 5.39. The van der Waals surface area contributed by atoms with E-state index in [1.807, 2.05) is 79.8 Å². The van der Waals surface area contributed by atoms with E-state index in [9.17, 15) is 9.59 Å². The van der Waals surface area contributed by atoms with E-state index >= 15 is 0 Å². The summed E-state index contributed by atoms with van der Waals surface area (Å²) in [6, 6.07) is 18.8. The van der Waals surface area contributed by atoms with E-state index in [2.05, 4.69) is 10.3 Å². The topological polar surface area (TPSA) is 81.6 Å². The number of aromatic nitrogens is 1. The van der Waals surface area contributed by atoms with Crippen molar-refractivity contribution in [3.63, 3.8) is 0 Å². The molecule has 1 saturated carbocycles. The Morgan fingerprint density at radius 2 is 1.76 bits per heavy atom. The first kappa shape index (κ1) is 25.6. The molecule has 2 aromatic heterocycles. The molecule has 0 spiro atoms. The van der Waals surface area contributed by atoms with Gasteiger partial charge in [0.05, 0.1) is 19.2 Å². The number of carbonyl (C=O) groups excluding carboxylic acids is 2. The maximum absolute atomic E-state index is 14.0. The minimum absolute atomic E-state index is 0.133. The number of nitrogens with zero attached hydrogens (tertiary/aromatic N) is 2. The van der Waals surface area contributed by atoms with E-state index in [0.717, 1.165) is 53.4 Å². The van der Waals surface area contributed by atoms with Gasteiger partial charge in [-0.05, 0) is 54.3 Å². The van der Waals surface area contributed by atoms with Crippen LogP contribution in [-0.2, 0) is 22.6 Å². The van der Waals surface area contributed by atoms with Gasteiger partial charge in [0.2, 0.25) is 11.8 Å². The maximum Gasteiger partial charge on any atom is 0.247 e. The molecule has 0 saturated heterocycles. The number of benzene rings is 2. The molecule has 0 aliphatic heterocycles. The normalized spacial score (nSPS) is 14.8. The van der Waals surface area contributed by atoms with Crippen LogP contribution in [-0.4, -0.2) is 41.8 Å². The minimum atomic E-state index is -0.782. The van der Waals surface area contributed by atoms with Crippen LogP contribution in [0.1, 0.15) is 55.0 Å². The molecule has 1 unspecified atom stereocenters. The van der Waals surface area contributed by atoms with Crippen LogP contribution in [0, 0.1) is 0 Å². The lowest BCUT2D eigenvalue weighted by Gasteiger charge is -2.33. The lowest BCUT2D eigenvalue weighted by Crippen LogP contribution is -2.47. The first-order valence-electron chi connectivity index (χ1n) is 13.4. The van der Waals surface area contributed by atoms with Crippen molar-refractivity contribution in [1.29, 1.82) is 0 Å². The number of H-pyrrole nitrogens is 1. The number of fused-ring (bicyclic) bond motifs is 1. The Labute approximate surface area is 223 Å². The summed E-state index contributed by atoms with van der Waals surface area (Å²) in [7, 11) is 3.96. The van der Waals surface area contributed by atoms with Crippen molar-refractivity contribution in [2.75, 3.05) is 19.0 Å². The molecule has 38 heavy (non-hydrogen) atoms. The molecule has 5 rings (SSSR count). The van der Waals surface area contributed by atoms with Crippen molar-refractivity contribution in [1.82, 2.24) is 15.2 Å². The molecule has 198 valence electrons. The van der Waals surface area contributed by atoms with E-state index in [1.165, 1.54) is 6.42 Å². The van der Waals surface area contributed by atoms with Gasteiger partial charge in [0.15, 0.2) is 0 Å². The van der Waals surface area contributed by atoms with Crippen molar-refractivity contribution in [3.05, 3.63) is 90.0 Å². The highest BCUT2D eigenvalue weighted by atomic mass is 16.3. The zero-order valence-corrected chi connectivity index (χ0v) is 22.2. The highest BCUT2D eigenvalue weighted by Gasteiger charge is 2.34. The fraction of sp³-hybridized carbons (Fsp3) is 0.355. The molecule has 1 fully saturated rings. The monoisotopic (exact) mass is 512 g/mol. The van der Waals surface area contributed by atoms with Gasteiger partial charge in [0.1, 0.15) is 11.8 Å². The molecule has 2 amide bonds. The molecular weight excluding hydrogens is 476 g/mol. The summed E-state index contributed by atoms with van der Waals surface area (Å²) in [5.74, 6) is 0.359. The average Bonchev–Trinajstić information content (AvgIpc) is 3.59. The predicted molar refractivity (Wildman–Crippen MR) is 150 cm³/mol. The molecular formula is C31H36N4O3. The van der Waals surface area contributed by atoms with Gasteiger partial charge < -0.3 is 24.5 Å². The van der Waals surface area contributed by atoms with Crippen LogP contribution in [0.2, 0.25) is 0 Å². The number of carbonyl (C=O) groups is 2. The first-order chi connectivity index (χ1) is 18.5. The van der Waals surface area contributed by atoms with Crippen LogP contribution in [0.5, 0.6) is 0 Å². The number of para-hydroxylation sites is 1. The summed E-state index contributed by atoms with van der Waals surface area (Å²) in [5.41, 5.74) is 3.70. The van der Waals surface area contributed by atoms with E-state index < -0.39 is 6.04 Å². The average molecular weight is 513 g/mol. The van der Waals surface area contributed by atoms with Crippen molar-refractivity contribution in [3.8, 4) is 0 Å². The second-order valence-corrected chi connectivity index (χ2v) is 10.4. The molecule has 0 radical (unpaired) electrons. The summed E-state index contributed by atoms with van der Waals surface area (Å²) >= 11 is 0. The van der Waals surface area contributed by atoms with Crippen LogP contribution in [0.25, 0.3) is 10.9 Å². The van der Waals surface area contributed by atoms with Crippen LogP contribution in [0.3, 0.4) is 0 Å². The number of anilines is 1. The van der Waals surface area contributed by atoms with Gasteiger partial charge in [-0.25, -0.2) is 0 Å². The molecule has 0 bridgehead atoms. The Balaban J connectivity index is 1.50. The highest BCUT2D eigenvalue weighted by Crippen LogP contribution is 2.29. The quantitative estimate of drug-likeness (QED) is 0.306. The summed E-state index contributed by atoms with van der Waals surface area (Å²) in [5, 5.41) is 4.29. The van der Waals surface area contributed by atoms with Gasteiger partial charge in [-0.2, -0.15) is 0 Å². The third-order valence-electron chi connectivity index (χ3n) is 7.48. The third kappa shape index (κ3) is 5.77. The standard InChI is InChI=1S/C31H36N4O3/c1-34(2)25-16-14-22(15-17-25)30(31(37)33-24-9-4-3-5-10-24)35(21-26-11-8-18-38-26)29(36)19-23-20-32-28-13-7-6-12-27(23)28/h6-8,11-18,20,24,30,32H,3-5,9-10,19,21H2,1-2H3,(H,33,37). The summed E-state index contributed by atoms with van der Waals surface area (Å²) in [6.07, 6.45) is 9.03. The molecule has 2 heterocycles. The van der Waals surface area contributed by atoms with E-state index in [0.29, 0.717) is 5.76 Å². The Morgan fingerprint density at radius 3 is 2.47 bits per heavy atom. The third-order valence-corrected chi connectivity index (χ3v) is 7.48. The lowest BCUT2D eigenvalue weighted by atomic mass is 9.94. The van der Waals surface area contributed by atoms with Gasteiger partial charge >= 0.3 is 0 Å². The summed E-state index contributed by atoms with van der Waals surface area (Å²) in [4.78, 5) is 35.0. The van der Waals surface area contributed by atoms with E-state index in [4.69, 9.17) is 4.42 Å². The van der Waals surface area contributed by atoms with Gasteiger partial charge in [0.25, 0.3) is 0 Å². The Kier molecular flexibility index (Phi) is 7.82. The van der Waals surface area contributed by atoms with E-state index in [1.54, 1.807) is 17.2 Å². The van der Waals surface area contributed by atoms with Gasteiger partial charge in [-0.15, -0.1) is 0 Å². The number of rotatable bonds is 9. The maximum atomic E-state index is 14.0.